The summed E-state index contributed by atoms with van der Waals surface area (Å²) in [6, 6.07) is 77.1. The van der Waals surface area contributed by atoms with Gasteiger partial charge in [0, 0.05) is 45.1 Å². The van der Waals surface area contributed by atoms with Gasteiger partial charge in [-0.1, -0.05) is 158 Å². The second kappa shape index (κ2) is 11.6. The van der Waals surface area contributed by atoms with E-state index in [1.807, 2.05) is 0 Å². The molecule has 1 aromatic heterocycles. The molecule has 3 aliphatic heterocycles. The van der Waals surface area contributed by atoms with Crippen molar-refractivity contribution in [1.29, 1.82) is 0 Å². The number of para-hydroxylation sites is 5. The highest BCUT2D eigenvalue weighted by Gasteiger charge is 2.54. The molecule has 256 valence electrons. The summed E-state index contributed by atoms with van der Waals surface area (Å²) in [6.45, 7) is -0.0246. The van der Waals surface area contributed by atoms with E-state index in [1.54, 1.807) is 0 Å². The fourth-order valence-electron chi connectivity index (χ4n) is 10.2. The zero-order valence-corrected chi connectivity index (χ0v) is 31.0. The molecule has 0 saturated carbocycles. The molecule has 3 aliphatic rings. The summed E-state index contributed by atoms with van der Waals surface area (Å²) >= 11 is 0. The third kappa shape index (κ3) is 4.00. The van der Waals surface area contributed by atoms with E-state index >= 15 is 0 Å². The SMILES string of the molecule is c1ccc(N2c3cccc4c3B(c3cccc5c3N4c3ccccc3[Si]5(c3ccccc3)c3ccccc3)c3c2c2ccccc2n3-c2ccccc2)cc1. The average molecular weight is 716 g/mol. The molecule has 0 atom stereocenters. The number of hydrogen-bond acceptors (Lipinski definition) is 2. The minimum absolute atomic E-state index is 0.0246. The first-order chi connectivity index (χ1) is 27.4. The Morgan fingerprint density at radius 3 is 1.62 bits per heavy atom. The average Bonchev–Trinajstić information content (AvgIpc) is 3.60. The third-order valence-electron chi connectivity index (χ3n) is 12.2. The van der Waals surface area contributed by atoms with Crippen molar-refractivity contribution in [3.8, 4) is 5.69 Å². The van der Waals surface area contributed by atoms with Gasteiger partial charge in [0.2, 0.25) is 0 Å². The van der Waals surface area contributed by atoms with Crippen LogP contribution in [0.1, 0.15) is 0 Å². The van der Waals surface area contributed by atoms with E-state index in [0.29, 0.717) is 0 Å². The topological polar surface area (TPSA) is 11.4 Å². The third-order valence-corrected chi connectivity index (χ3v) is 17.0. The van der Waals surface area contributed by atoms with Crippen molar-refractivity contribution in [1.82, 2.24) is 4.57 Å². The van der Waals surface area contributed by atoms with Crippen LogP contribution in [0.2, 0.25) is 0 Å². The fourth-order valence-corrected chi connectivity index (χ4v) is 15.4. The molecule has 55 heavy (non-hydrogen) atoms. The molecule has 8 aromatic carbocycles. The molecule has 0 bridgehead atoms. The van der Waals surface area contributed by atoms with Crippen LogP contribution in [-0.2, 0) is 0 Å². The highest BCUT2D eigenvalue weighted by Crippen LogP contribution is 2.47. The van der Waals surface area contributed by atoms with E-state index in [0.717, 1.165) is 5.69 Å². The predicted molar refractivity (Wildman–Crippen MR) is 234 cm³/mol. The Morgan fingerprint density at radius 2 is 0.909 bits per heavy atom. The molecular weight excluding hydrogens is 681 g/mol. The van der Waals surface area contributed by atoms with Gasteiger partial charge in [-0.2, -0.15) is 0 Å². The molecule has 4 heterocycles. The quantitative estimate of drug-likeness (QED) is 0.176. The van der Waals surface area contributed by atoms with Gasteiger partial charge in [-0.05, 0) is 80.2 Å². The van der Waals surface area contributed by atoms with Crippen molar-refractivity contribution in [2.24, 2.45) is 0 Å². The standard InChI is InChI=1S/C50H34BN3Si/c1-5-19-35(20-6-1)52-43-31-18-32-44-47(43)51(50-48(52)39-27-13-14-29-41(39)53(50)36-21-7-2-8-22-36)40-28-17-34-46-49(40)54(44)42-30-15-16-33-45(42)55(46,37-23-9-3-10-24-37)38-25-11-4-12-26-38/h1-34H. The summed E-state index contributed by atoms with van der Waals surface area (Å²) < 4.78 is 2.55. The smallest absolute Gasteiger partial charge is 0.273 e. The lowest BCUT2D eigenvalue weighted by Gasteiger charge is -2.50. The fraction of sp³-hybridized carbons (Fsp3) is 0. The van der Waals surface area contributed by atoms with Crippen LogP contribution in [0.25, 0.3) is 16.6 Å². The lowest BCUT2D eigenvalue weighted by Crippen LogP contribution is -2.79. The Hall–Kier alpha value is -6.82. The molecule has 12 rings (SSSR count). The van der Waals surface area contributed by atoms with Gasteiger partial charge in [-0.25, -0.2) is 0 Å². The van der Waals surface area contributed by atoms with Gasteiger partial charge in [0.25, 0.3) is 6.71 Å². The highest BCUT2D eigenvalue weighted by atomic mass is 28.3. The zero-order chi connectivity index (χ0) is 36.1. The van der Waals surface area contributed by atoms with Crippen molar-refractivity contribution in [3.63, 3.8) is 0 Å². The van der Waals surface area contributed by atoms with Crippen LogP contribution in [-0.4, -0.2) is 19.4 Å². The molecule has 0 amide bonds. The first-order valence-electron chi connectivity index (χ1n) is 19.2. The summed E-state index contributed by atoms with van der Waals surface area (Å²) in [5.74, 6) is 0. The summed E-state index contributed by atoms with van der Waals surface area (Å²) in [6.07, 6.45) is 0. The summed E-state index contributed by atoms with van der Waals surface area (Å²) in [7, 11) is -2.82. The molecular formula is C50H34BN3Si. The van der Waals surface area contributed by atoms with Crippen molar-refractivity contribution in [3.05, 3.63) is 206 Å². The number of fused-ring (bicyclic) bond motifs is 8. The summed E-state index contributed by atoms with van der Waals surface area (Å²) in [5.41, 5.74) is 13.9. The number of hydrogen-bond donors (Lipinski definition) is 0. The minimum atomic E-state index is -2.82. The molecule has 0 fully saturated rings. The van der Waals surface area contributed by atoms with Gasteiger partial charge in [0.15, 0.2) is 8.07 Å². The van der Waals surface area contributed by atoms with E-state index in [4.69, 9.17) is 0 Å². The molecule has 9 aromatic rings. The van der Waals surface area contributed by atoms with Crippen LogP contribution in [0.3, 0.4) is 0 Å². The summed E-state index contributed by atoms with van der Waals surface area (Å²) in [5, 5.41) is 6.91. The maximum Gasteiger partial charge on any atom is 0.273 e. The van der Waals surface area contributed by atoms with Crippen molar-refractivity contribution in [2.45, 2.75) is 0 Å². The van der Waals surface area contributed by atoms with Crippen LogP contribution < -0.4 is 47.1 Å². The van der Waals surface area contributed by atoms with Gasteiger partial charge in [0.05, 0.1) is 11.2 Å². The van der Waals surface area contributed by atoms with Crippen LogP contribution in [0.4, 0.5) is 34.1 Å². The van der Waals surface area contributed by atoms with Gasteiger partial charge in [-0.3, -0.25) is 0 Å². The highest BCUT2D eigenvalue weighted by molar-refractivity contribution is 7.22. The minimum Gasteiger partial charge on any atom is -0.319 e. The molecule has 3 nitrogen and oxygen atoms in total. The molecule has 0 unspecified atom stereocenters. The van der Waals surface area contributed by atoms with Crippen LogP contribution >= 0.6 is 0 Å². The Bertz CT molecular complexity index is 2910. The van der Waals surface area contributed by atoms with Crippen LogP contribution in [0.15, 0.2) is 206 Å². The van der Waals surface area contributed by atoms with Crippen LogP contribution in [0, 0.1) is 0 Å². The Balaban J connectivity index is 1.27. The number of aromatic nitrogens is 1. The lowest BCUT2D eigenvalue weighted by molar-refractivity contribution is 1.15. The van der Waals surface area contributed by atoms with Crippen LogP contribution in [0.5, 0.6) is 0 Å². The molecule has 0 N–H and O–H groups in total. The van der Waals surface area contributed by atoms with Gasteiger partial charge >= 0.3 is 0 Å². The van der Waals surface area contributed by atoms with E-state index in [-0.39, 0.29) is 6.71 Å². The first-order valence-corrected chi connectivity index (χ1v) is 21.2. The monoisotopic (exact) mass is 715 g/mol. The van der Waals surface area contributed by atoms with Gasteiger partial charge in [0.1, 0.15) is 0 Å². The normalized spacial score (nSPS) is 14.2. The van der Waals surface area contributed by atoms with Crippen molar-refractivity contribution in [2.75, 3.05) is 9.80 Å². The molecule has 0 radical (unpaired) electrons. The van der Waals surface area contributed by atoms with E-state index in [1.165, 1.54) is 82.3 Å². The largest absolute Gasteiger partial charge is 0.319 e. The van der Waals surface area contributed by atoms with Gasteiger partial charge < -0.3 is 14.4 Å². The summed E-state index contributed by atoms with van der Waals surface area (Å²) in [4.78, 5) is 5.15. The first kappa shape index (κ1) is 30.6. The molecule has 0 saturated heterocycles. The molecule has 5 heteroatoms. The van der Waals surface area contributed by atoms with E-state index in [9.17, 15) is 0 Å². The maximum atomic E-state index is 2.62. The Kier molecular flexibility index (Phi) is 6.45. The van der Waals surface area contributed by atoms with Gasteiger partial charge in [-0.15, -0.1) is 0 Å². The Morgan fingerprint density at radius 1 is 0.382 bits per heavy atom. The molecule has 0 spiro atoms. The Labute approximate surface area is 322 Å². The number of anilines is 6. The van der Waals surface area contributed by atoms with Crippen molar-refractivity contribution >= 4 is 97.1 Å². The number of benzene rings is 8. The van der Waals surface area contributed by atoms with E-state index < -0.39 is 8.07 Å². The number of rotatable bonds is 4. The van der Waals surface area contributed by atoms with E-state index in [2.05, 4.69) is 221 Å². The van der Waals surface area contributed by atoms with Crippen molar-refractivity contribution < 1.29 is 0 Å². The zero-order valence-electron chi connectivity index (χ0n) is 30.0. The second-order valence-electron chi connectivity index (χ2n) is 14.8. The molecule has 0 aliphatic carbocycles. The predicted octanol–water partition coefficient (Wildman–Crippen LogP) is 7.40. The second-order valence-corrected chi connectivity index (χ2v) is 18.5. The maximum absolute atomic E-state index is 2.82. The number of nitrogens with zero attached hydrogens (tertiary/aromatic N) is 3. The lowest BCUT2D eigenvalue weighted by atomic mass is 9.35.